The number of esters is 1. The number of fused-ring (bicyclic) bond motifs is 3. The van der Waals surface area contributed by atoms with Crippen molar-refractivity contribution in [1.82, 2.24) is 5.32 Å². The van der Waals surface area contributed by atoms with E-state index in [1.54, 1.807) is 51.1 Å². The van der Waals surface area contributed by atoms with Gasteiger partial charge in [0.05, 0.1) is 6.42 Å². The molecule has 1 aliphatic carbocycles. The average Bonchev–Trinajstić information content (AvgIpc) is 3.30. The van der Waals surface area contributed by atoms with Crippen LogP contribution in [0.5, 0.6) is 5.75 Å². The third-order valence-electron chi connectivity index (χ3n) is 7.14. The Bertz CT molecular complexity index is 1680. The second kappa shape index (κ2) is 12.9. The van der Waals surface area contributed by atoms with Crippen molar-refractivity contribution in [1.29, 1.82) is 0 Å². The van der Waals surface area contributed by atoms with Gasteiger partial charge in [-0.1, -0.05) is 78.9 Å². The van der Waals surface area contributed by atoms with Crippen LogP contribution in [0.3, 0.4) is 0 Å². The van der Waals surface area contributed by atoms with Crippen molar-refractivity contribution in [2.75, 3.05) is 6.61 Å². The largest absolute Gasteiger partial charge is 0.460 e. The van der Waals surface area contributed by atoms with Crippen LogP contribution in [0.15, 0.2) is 108 Å². The summed E-state index contributed by atoms with van der Waals surface area (Å²) in [6.45, 7) is 5.48. The first-order valence-electron chi connectivity index (χ1n) is 14.4. The van der Waals surface area contributed by atoms with Crippen molar-refractivity contribution in [3.05, 3.63) is 120 Å². The Morgan fingerprint density at radius 3 is 1.95 bits per heavy atom. The molecule has 228 valence electrons. The lowest BCUT2D eigenvalue weighted by atomic mass is 9.98. The van der Waals surface area contributed by atoms with Crippen molar-refractivity contribution in [3.63, 3.8) is 0 Å². The zero-order valence-corrected chi connectivity index (χ0v) is 25.7. The van der Waals surface area contributed by atoms with Gasteiger partial charge in [0.1, 0.15) is 22.9 Å². The molecule has 1 unspecified atom stereocenters. The molecule has 0 bridgehead atoms. The van der Waals surface area contributed by atoms with Crippen LogP contribution in [0.2, 0.25) is 0 Å². The number of carbonyl (C=O) groups is 2. The number of ether oxygens (including phenoxy) is 2. The molecule has 4 aromatic carbocycles. The molecule has 8 nitrogen and oxygen atoms in total. The first-order valence-corrected chi connectivity index (χ1v) is 15.8. The van der Waals surface area contributed by atoms with Gasteiger partial charge in [-0.2, -0.15) is 8.42 Å². The molecule has 0 radical (unpaired) electrons. The Kier molecular flexibility index (Phi) is 9.06. The first-order chi connectivity index (χ1) is 21.0. The summed E-state index contributed by atoms with van der Waals surface area (Å²) in [5, 5.41) is 2.84. The number of rotatable bonds is 10. The summed E-state index contributed by atoms with van der Waals surface area (Å²) >= 11 is 0. The number of amides is 1. The van der Waals surface area contributed by atoms with Crippen LogP contribution in [0.25, 0.3) is 11.1 Å². The Balaban J connectivity index is 1.26. The van der Waals surface area contributed by atoms with Crippen LogP contribution in [-0.2, 0) is 30.8 Å². The zero-order valence-electron chi connectivity index (χ0n) is 24.9. The molecule has 0 aromatic heterocycles. The van der Waals surface area contributed by atoms with Gasteiger partial charge in [0.25, 0.3) is 0 Å². The number of benzene rings is 4. The normalized spacial score (nSPS) is 13.3. The van der Waals surface area contributed by atoms with E-state index in [-0.39, 0.29) is 36.0 Å². The van der Waals surface area contributed by atoms with E-state index >= 15 is 0 Å². The molecule has 0 heterocycles. The van der Waals surface area contributed by atoms with Crippen molar-refractivity contribution >= 4 is 22.2 Å². The van der Waals surface area contributed by atoms with E-state index in [1.165, 1.54) is 24.3 Å². The van der Waals surface area contributed by atoms with E-state index in [0.29, 0.717) is 0 Å². The van der Waals surface area contributed by atoms with E-state index in [9.17, 15) is 18.0 Å². The molecule has 0 saturated heterocycles. The molecule has 1 atom stereocenters. The summed E-state index contributed by atoms with van der Waals surface area (Å²) in [4.78, 5) is 25.8. The molecule has 0 aliphatic heterocycles. The number of hydrogen-bond acceptors (Lipinski definition) is 7. The van der Waals surface area contributed by atoms with E-state index in [0.717, 1.165) is 27.8 Å². The molecular weight excluding hydrogens is 578 g/mol. The minimum absolute atomic E-state index is 0.0498. The summed E-state index contributed by atoms with van der Waals surface area (Å²) in [5.41, 5.74) is 4.52. The first kappa shape index (κ1) is 30.8. The zero-order chi connectivity index (χ0) is 31.3. The van der Waals surface area contributed by atoms with Gasteiger partial charge < -0.3 is 19.0 Å². The van der Waals surface area contributed by atoms with Gasteiger partial charge in [0, 0.05) is 12.0 Å². The lowest BCUT2D eigenvalue weighted by Crippen LogP contribution is -2.40. The van der Waals surface area contributed by atoms with Gasteiger partial charge in [-0.25, -0.2) is 4.79 Å². The van der Waals surface area contributed by atoms with Crippen molar-refractivity contribution in [3.8, 4) is 16.9 Å². The number of hydrogen-bond donors (Lipinski definition) is 1. The van der Waals surface area contributed by atoms with E-state index in [2.05, 4.69) is 17.4 Å². The molecule has 1 amide bonds. The van der Waals surface area contributed by atoms with Gasteiger partial charge in [-0.05, 0) is 79.3 Å². The van der Waals surface area contributed by atoms with Crippen LogP contribution in [0, 0.1) is 0 Å². The summed E-state index contributed by atoms with van der Waals surface area (Å²) in [7, 11) is -3.98. The van der Waals surface area contributed by atoms with Crippen LogP contribution in [0.1, 0.15) is 49.8 Å². The quantitative estimate of drug-likeness (QED) is 0.158. The minimum Gasteiger partial charge on any atom is -0.460 e. The summed E-state index contributed by atoms with van der Waals surface area (Å²) in [6, 6.07) is 29.9. The van der Waals surface area contributed by atoms with Gasteiger partial charge in [0.15, 0.2) is 0 Å². The van der Waals surface area contributed by atoms with E-state index < -0.39 is 33.8 Å². The molecule has 9 heteroatoms. The Hall–Kier alpha value is -4.63. The number of nitrogens with one attached hydrogen (secondary N) is 1. The molecule has 0 fully saturated rings. The molecular formula is C35H35NO7S. The molecule has 44 heavy (non-hydrogen) atoms. The minimum atomic E-state index is -3.98. The maximum Gasteiger partial charge on any atom is 0.407 e. The van der Waals surface area contributed by atoms with Crippen LogP contribution in [0.4, 0.5) is 4.79 Å². The fourth-order valence-electron chi connectivity index (χ4n) is 5.29. The lowest BCUT2D eigenvalue weighted by Gasteiger charge is -2.23. The molecule has 5 rings (SSSR count). The van der Waals surface area contributed by atoms with Crippen LogP contribution >= 0.6 is 0 Å². The highest BCUT2D eigenvalue weighted by atomic mass is 32.2. The highest BCUT2D eigenvalue weighted by Gasteiger charge is 2.30. The fraction of sp³-hybridized carbons (Fsp3) is 0.257. The van der Waals surface area contributed by atoms with Crippen molar-refractivity contribution in [2.45, 2.75) is 56.1 Å². The molecule has 1 aliphatic rings. The second-order valence-corrected chi connectivity index (χ2v) is 13.2. The Morgan fingerprint density at radius 1 is 0.795 bits per heavy atom. The summed E-state index contributed by atoms with van der Waals surface area (Å²) in [5.74, 6) is -0.418. The Morgan fingerprint density at radius 2 is 1.36 bits per heavy atom. The predicted octanol–water partition coefficient (Wildman–Crippen LogP) is 6.64. The number of alkyl carbamates (subject to hydrolysis) is 1. The van der Waals surface area contributed by atoms with Crippen LogP contribution < -0.4 is 9.50 Å². The van der Waals surface area contributed by atoms with Gasteiger partial charge in [-0.3, -0.25) is 4.79 Å². The smallest absolute Gasteiger partial charge is 0.407 e. The molecule has 4 aromatic rings. The topological polar surface area (TPSA) is 108 Å². The van der Waals surface area contributed by atoms with Crippen LogP contribution in [-0.4, -0.2) is 38.7 Å². The monoisotopic (exact) mass is 613 g/mol. The maximum atomic E-state index is 13.1. The molecule has 0 spiro atoms. The summed E-state index contributed by atoms with van der Waals surface area (Å²) in [6.07, 6.45) is -0.452. The average molecular weight is 614 g/mol. The van der Waals surface area contributed by atoms with Crippen molar-refractivity contribution in [2.24, 2.45) is 0 Å². The van der Waals surface area contributed by atoms with Gasteiger partial charge >= 0.3 is 22.2 Å². The highest BCUT2D eigenvalue weighted by Crippen LogP contribution is 2.44. The SMILES string of the molecule is CC(C)(C)OC(=O)CC(Cc1ccc(OS(=O)(=O)c2ccccc2)cc1)NC(=O)OCC1c2ccccc2-c2ccccc21. The van der Waals surface area contributed by atoms with Crippen molar-refractivity contribution < 1.29 is 31.7 Å². The van der Waals surface area contributed by atoms with E-state index in [4.69, 9.17) is 13.7 Å². The molecule has 0 saturated carbocycles. The predicted molar refractivity (Wildman–Crippen MR) is 167 cm³/mol. The van der Waals surface area contributed by atoms with Gasteiger partial charge in [0.2, 0.25) is 0 Å². The maximum absolute atomic E-state index is 13.1. The van der Waals surface area contributed by atoms with E-state index in [1.807, 2.05) is 36.4 Å². The number of carbonyl (C=O) groups excluding carboxylic acids is 2. The Labute approximate surface area is 258 Å². The molecule has 1 N–H and O–H groups in total. The summed E-state index contributed by atoms with van der Waals surface area (Å²) < 4.78 is 41.7. The fourth-order valence-corrected chi connectivity index (χ4v) is 6.24. The third kappa shape index (κ3) is 7.65. The van der Waals surface area contributed by atoms with Gasteiger partial charge in [-0.15, -0.1) is 0 Å². The standard InChI is InChI=1S/C35H35NO7S/c1-35(2,3)42-33(37)22-25(21-24-17-19-26(20-18-24)43-44(39,40)27-11-5-4-6-12-27)36-34(38)41-23-32-30-15-9-7-13-28(30)29-14-8-10-16-31(29)32/h4-20,25,32H,21-23H2,1-3H3,(H,36,38). The third-order valence-corrected chi connectivity index (χ3v) is 8.40. The highest BCUT2D eigenvalue weighted by molar-refractivity contribution is 7.87. The second-order valence-electron chi connectivity index (χ2n) is 11.7. The lowest BCUT2D eigenvalue weighted by molar-refractivity contribution is -0.155.